The summed E-state index contributed by atoms with van der Waals surface area (Å²) in [5.41, 5.74) is 0.823. The molecular weight excluding hydrogens is 187 g/mol. The third kappa shape index (κ3) is 1.14. The Balaban J connectivity index is 2.80. The van der Waals surface area contributed by atoms with Crippen LogP contribution in [0.15, 0.2) is 18.5 Å². The lowest BCUT2D eigenvalue weighted by Gasteiger charge is -1.99. The Bertz CT molecular complexity index is 519. The van der Waals surface area contributed by atoms with Gasteiger partial charge in [-0.3, -0.25) is 4.40 Å². The number of carboxylic acid groups (broad SMARTS) is 1. The molecule has 0 atom stereocenters. The number of nitrogens with zero attached hydrogens (tertiary/aromatic N) is 2. The molecule has 0 amide bonds. The molecule has 2 rings (SSSR count). The number of carboxylic acids is 1. The molecule has 2 heterocycles. The van der Waals surface area contributed by atoms with E-state index in [1.807, 2.05) is 0 Å². The van der Waals surface area contributed by atoms with Gasteiger partial charge < -0.3 is 5.11 Å². The van der Waals surface area contributed by atoms with E-state index in [9.17, 15) is 9.18 Å². The van der Waals surface area contributed by atoms with Crippen molar-refractivity contribution in [1.82, 2.24) is 9.38 Å². The average molecular weight is 194 g/mol. The summed E-state index contributed by atoms with van der Waals surface area (Å²) in [6, 6.07) is 1.26. The van der Waals surface area contributed by atoms with E-state index in [-0.39, 0.29) is 11.6 Å². The molecular formula is C9H7FN2O2. The van der Waals surface area contributed by atoms with Crippen LogP contribution in [0.3, 0.4) is 0 Å². The second kappa shape index (κ2) is 2.80. The molecule has 0 unspecified atom stereocenters. The first-order valence-electron chi connectivity index (χ1n) is 3.96. The maximum absolute atomic E-state index is 13.1. The van der Waals surface area contributed by atoms with Crippen molar-refractivity contribution in [2.24, 2.45) is 0 Å². The normalized spacial score (nSPS) is 10.7. The van der Waals surface area contributed by atoms with Gasteiger partial charge in [0.15, 0.2) is 0 Å². The molecule has 14 heavy (non-hydrogen) atoms. The van der Waals surface area contributed by atoms with Crippen molar-refractivity contribution in [2.45, 2.75) is 6.92 Å². The third-order valence-corrected chi connectivity index (χ3v) is 1.99. The van der Waals surface area contributed by atoms with Gasteiger partial charge in [0, 0.05) is 11.8 Å². The predicted molar refractivity (Wildman–Crippen MR) is 46.8 cm³/mol. The third-order valence-electron chi connectivity index (χ3n) is 1.99. The van der Waals surface area contributed by atoms with Crippen molar-refractivity contribution in [3.05, 3.63) is 35.7 Å². The number of rotatable bonds is 1. The molecule has 0 spiro atoms. The van der Waals surface area contributed by atoms with Crippen LogP contribution in [-0.2, 0) is 0 Å². The predicted octanol–water partition coefficient (Wildman–Crippen LogP) is 1.48. The highest BCUT2D eigenvalue weighted by Crippen LogP contribution is 2.12. The molecule has 0 fully saturated rings. The molecule has 2 aromatic rings. The molecule has 4 nitrogen and oxygen atoms in total. The minimum atomic E-state index is -1.13. The van der Waals surface area contributed by atoms with Gasteiger partial charge in [-0.1, -0.05) is 0 Å². The first-order chi connectivity index (χ1) is 6.59. The largest absolute Gasteiger partial charge is 0.475 e. The van der Waals surface area contributed by atoms with E-state index in [1.54, 1.807) is 6.92 Å². The molecule has 1 N–H and O–H groups in total. The fourth-order valence-electron chi connectivity index (χ4n) is 1.27. The average Bonchev–Trinajstić information content (AvgIpc) is 2.48. The Morgan fingerprint density at radius 2 is 2.36 bits per heavy atom. The summed E-state index contributed by atoms with van der Waals surface area (Å²) >= 11 is 0. The van der Waals surface area contributed by atoms with E-state index in [4.69, 9.17) is 5.11 Å². The van der Waals surface area contributed by atoms with Crippen LogP contribution in [0.2, 0.25) is 0 Å². The Labute approximate surface area is 78.6 Å². The number of aromatic nitrogens is 2. The quantitative estimate of drug-likeness (QED) is 0.748. The minimum absolute atomic E-state index is 0.108. The maximum Gasteiger partial charge on any atom is 0.372 e. The highest BCUT2D eigenvalue weighted by atomic mass is 19.1. The van der Waals surface area contributed by atoms with Crippen LogP contribution >= 0.6 is 0 Å². The number of halogens is 1. The number of carbonyl (C=O) groups is 1. The van der Waals surface area contributed by atoms with Crippen LogP contribution in [-0.4, -0.2) is 20.5 Å². The van der Waals surface area contributed by atoms with Crippen LogP contribution in [0.1, 0.15) is 16.2 Å². The Hall–Kier alpha value is -1.91. The van der Waals surface area contributed by atoms with E-state index >= 15 is 0 Å². The van der Waals surface area contributed by atoms with Gasteiger partial charge in [-0.15, -0.1) is 0 Å². The van der Waals surface area contributed by atoms with Gasteiger partial charge in [0.1, 0.15) is 5.82 Å². The van der Waals surface area contributed by atoms with Crippen LogP contribution in [0.25, 0.3) is 5.52 Å². The number of pyridine rings is 1. The minimum Gasteiger partial charge on any atom is -0.475 e. The van der Waals surface area contributed by atoms with Crippen molar-refractivity contribution >= 4 is 11.5 Å². The van der Waals surface area contributed by atoms with Crippen LogP contribution in [0.4, 0.5) is 4.39 Å². The molecule has 0 saturated heterocycles. The highest BCUT2D eigenvalue weighted by Gasteiger charge is 2.12. The standard InChI is InChI=1S/C9H7FN2O2/c1-5-4-12-6(2-7(5)10)3-11-8(12)9(13)14/h2-4H,1H3,(H,13,14). The zero-order chi connectivity index (χ0) is 10.3. The zero-order valence-corrected chi connectivity index (χ0v) is 7.36. The van der Waals surface area contributed by atoms with E-state index in [1.165, 1.54) is 22.9 Å². The molecule has 0 aromatic carbocycles. The van der Waals surface area contributed by atoms with E-state index in [0.29, 0.717) is 11.1 Å². The Kier molecular flexibility index (Phi) is 1.73. The molecule has 0 bridgehead atoms. The molecule has 0 radical (unpaired) electrons. The lowest BCUT2D eigenvalue weighted by Crippen LogP contribution is -2.04. The molecule has 2 aromatic heterocycles. The van der Waals surface area contributed by atoms with Gasteiger partial charge in [-0.2, -0.15) is 0 Å². The smallest absolute Gasteiger partial charge is 0.372 e. The van der Waals surface area contributed by atoms with Gasteiger partial charge in [0.05, 0.1) is 11.7 Å². The fraction of sp³-hybridized carbons (Fsp3) is 0.111. The van der Waals surface area contributed by atoms with Gasteiger partial charge in [-0.05, 0) is 13.0 Å². The van der Waals surface area contributed by atoms with Crippen molar-refractivity contribution < 1.29 is 14.3 Å². The van der Waals surface area contributed by atoms with Gasteiger partial charge in [-0.25, -0.2) is 14.2 Å². The molecule has 5 heteroatoms. The molecule has 0 aliphatic carbocycles. The van der Waals surface area contributed by atoms with Crippen LogP contribution in [0, 0.1) is 12.7 Å². The molecule has 0 aliphatic rings. The molecule has 72 valence electrons. The van der Waals surface area contributed by atoms with Crippen LogP contribution in [0.5, 0.6) is 0 Å². The lowest BCUT2D eigenvalue weighted by molar-refractivity contribution is 0.0683. The van der Waals surface area contributed by atoms with Crippen molar-refractivity contribution in [1.29, 1.82) is 0 Å². The maximum atomic E-state index is 13.1. The van der Waals surface area contributed by atoms with Crippen molar-refractivity contribution in [3.63, 3.8) is 0 Å². The van der Waals surface area contributed by atoms with Gasteiger partial charge in [0.25, 0.3) is 0 Å². The highest BCUT2D eigenvalue weighted by molar-refractivity contribution is 5.84. The molecule has 0 aliphatic heterocycles. The van der Waals surface area contributed by atoms with E-state index in [2.05, 4.69) is 4.98 Å². The van der Waals surface area contributed by atoms with Gasteiger partial charge in [0.2, 0.25) is 5.82 Å². The first-order valence-corrected chi connectivity index (χ1v) is 3.96. The van der Waals surface area contributed by atoms with E-state index < -0.39 is 5.97 Å². The first kappa shape index (κ1) is 8.68. The lowest BCUT2D eigenvalue weighted by atomic mass is 10.3. The summed E-state index contributed by atoms with van der Waals surface area (Å²) in [6.45, 7) is 1.57. The summed E-state index contributed by atoms with van der Waals surface area (Å²) < 4.78 is 14.4. The zero-order valence-electron chi connectivity index (χ0n) is 7.36. The topological polar surface area (TPSA) is 54.6 Å². The number of imidazole rings is 1. The number of fused-ring (bicyclic) bond motifs is 1. The van der Waals surface area contributed by atoms with E-state index in [0.717, 1.165) is 0 Å². The van der Waals surface area contributed by atoms with Crippen molar-refractivity contribution in [3.8, 4) is 0 Å². The Morgan fingerprint density at radius 3 is 3.00 bits per heavy atom. The van der Waals surface area contributed by atoms with Gasteiger partial charge >= 0.3 is 5.97 Å². The number of hydrogen-bond acceptors (Lipinski definition) is 2. The fourth-order valence-corrected chi connectivity index (χ4v) is 1.27. The SMILES string of the molecule is Cc1cn2c(C(=O)O)ncc2cc1F. The summed E-state index contributed by atoms with van der Waals surface area (Å²) in [7, 11) is 0. The second-order valence-electron chi connectivity index (χ2n) is 2.99. The summed E-state index contributed by atoms with van der Waals surface area (Å²) in [5, 5.41) is 8.75. The summed E-state index contributed by atoms with van der Waals surface area (Å²) in [4.78, 5) is 14.4. The van der Waals surface area contributed by atoms with Crippen molar-refractivity contribution in [2.75, 3.05) is 0 Å². The summed E-state index contributed by atoms with van der Waals surface area (Å²) in [5.74, 6) is -1.60. The molecule has 0 saturated carbocycles. The number of aryl methyl sites for hydroxylation is 1. The summed E-state index contributed by atoms with van der Waals surface area (Å²) in [6.07, 6.45) is 2.74. The van der Waals surface area contributed by atoms with Crippen LogP contribution < -0.4 is 0 Å². The monoisotopic (exact) mass is 194 g/mol. The number of hydrogen-bond donors (Lipinski definition) is 1. The Morgan fingerprint density at radius 1 is 1.64 bits per heavy atom. The number of aromatic carboxylic acids is 1. The second-order valence-corrected chi connectivity index (χ2v) is 2.99.